The molecule has 286 valence electrons. The summed E-state index contributed by atoms with van der Waals surface area (Å²) in [4.78, 5) is 10.3. The maximum absolute atomic E-state index is 5.14. The van der Waals surface area contributed by atoms with E-state index in [0.717, 1.165) is 33.6 Å². The van der Waals surface area contributed by atoms with Crippen LogP contribution in [0.2, 0.25) is 0 Å². The summed E-state index contributed by atoms with van der Waals surface area (Å²) in [6.45, 7) is 0. The van der Waals surface area contributed by atoms with Crippen LogP contribution in [0.15, 0.2) is 218 Å². The van der Waals surface area contributed by atoms with Crippen molar-refractivity contribution in [3.8, 4) is 56.2 Å². The fourth-order valence-corrected chi connectivity index (χ4v) is 10.1. The van der Waals surface area contributed by atoms with Gasteiger partial charge in [-0.1, -0.05) is 194 Å². The van der Waals surface area contributed by atoms with Gasteiger partial charge in [-0.25, -0.2) is 9.97 Å². The van der Waals surface area contributed by atoms with Gasteiger partial charge >= 0.3 is 0 Å². The maximum atomic E-state index is 5.14. The summed E-state index contributed by atoms with van der Waals surface area (Å²) in [6, 6.07) is 79.5. The molecule has 12 aromatic carbocycles. The van der Waals surface area contributed by atoms with Gasteiger partial charge in [-0.05, 0) is 122 Å². The zero-order valence-electron chi connectivity index (χ0n) is 33.7. The first kappa shape index (κ1) is 34.6. The van der Waals surface area contributed by atoms with Gasteiger partial charge in [0.2, 0.25) is 0 Å². The highest BCUT2D eigenvalue weighted by Gasteiger charge is 2.17. The number of hydrogen-bond donors (Lipinski definition) is 0. The number of nitrogens with zero attached hydrogens (tertiary/aromatic N) is 2. The van der Waals surface area contributed by atoms with Crippen molar-refractivity contribution in [2.24, 2.45) is 0 Å². The summed E-state index contributed by atoms with van der Waals surface area (Å²) in [5.74, 6) is 0.713. The quantitative estimate of drug-likeness (QED) is 0.162. The predicted molar refractivity (Wildman–Crippen MR) is 263 cm³/mol. The van der Waals surface area contributed by atoms with Crippen molar-refractivity contribution in [1.82, 2.24) is 9.97 Å². The Morgan fingerprint density at radius 2 is 0.710 bits per heavy atom. The predicted octanol–water partition coefficient (Wildman–Crippen LogP) is 16.3. The molecule has 0 saturated heterocycles. The van der Waals surface area contributed by atoms with Crippen LogP contribution in [0.1, 0.15) is 0 Å². The van der Waals surface area contributed by atoms with E-state index in [-0.39, 0.29) is 0 Å². The Morgan fingerprint density at radius 1 is 0.226 bits per heavy atom. The van der Waals surface area contributed by atoms with Crippen molar-refractivity contribution < 1.29 is 0 Å². The van der Waals surface area contributed by atoms with Crippen molar-refractivity contribution >= 4 is 75.4 Å². The molecule has 2 heteroatoms. The zero-order valence-corrected chi connectivity index (χ0v) is 33.7. The summed E-state index contributed by atoms with van der Waals surface area (Å²) in [5.41, 5.74) is 9.65. The van der Waals surface area contributed by atoms with Gasteiger partial charge in [0, 0.05) is 16.7 Å². The van der Waals surface area contributed by atoms with Crippen LogP contribution in [-0.4, -0.2) is 9.97 Å². The largest absolute Gasteiger partial charge is 0.228 e. The van der Waals surface area contributed by atoms with Crippen LogP contribution in [0.3, 0.4) is 0 Å². The van der Waals surface area contributed by atoms with E-state index >= 15 is 0 Å². The Labute approximate surface area is 358 Å². The minimum Gasteiger partial charge on any atom is -0.228 e. The molecule has 0 amide bonds. The second kappa shape index (κ2) is 13.7. The molecule has 1 heterocycles. The maximum Gasteiger partial charge on any atom is 0.160 e. The van der Waals surface area contributed by atoms with E-state index in [2.05, 4.69) is 200 Å². The van der Waals surface area contributed by atoms with E-state index < -0.39 is 0 Å². The monoisotopic (exact) mass is 784 g/mol. The minimum atomic E-state index is 0.713. The highest BCUT2D eigenvalue weighted by molar-refractivity contribution is 6.37. The third-order valence-electron chi connectivity index (χ3n) is 13.0. The first-order chi connectivity index (χ1) is 30.7. The first-order valence-electron chi connectivity index (χ1n) is 21.3. The smallest absolute Gasteiger partial charge is 0.160 e. The molecule has 0 aliphatic rings. The number of benzene rings is 11. The highest BCUT2D eigenvalue weighted by Crippen LogP contribution is 2.45. The number of aromatic nitrogens is 2. The van der Waals surface area contributed by atoms with E-state index in [4.69, 9.17) is 9.97 Å². The molecule has 0 radical (unpaired) electrons. The lowest BCUT2D eigenvalue weighted by Crippen LogP contribution is -1.96. The van der Waals surface area contributed by atoms with Crippen molar-refractivity contribution in [2.45, 2.75) is 0 Å². The number of fused-ring (bicyclic) bond motifs is 3. The lowest BCUT2D eigenvalue weighted by Gasteiger charge is -2.17. The van der Waals surface area contributed by atoms with Gasteiger partial charge < -0.3 is 0 Å². The van der Waals surface area contributed by atoms with Crippen LogP contribution < -0.4 is 0 Å². The molecule has 0 spiro atoms. The average molecular weight is 785 g/mol. The van der Waals surface area contributed by atoms with Crippen LogP contribution in [0.5, 0.6) is 0 Å². The van der Waals surface area contributed by atoms with E-state index in [0.29, 0.717) is 5.82 Å². The number of rotatable bonds is 5. The second-order valence-electron chi connectivity index (χ2n) is 16.5. The molecule has 0 aliphatic carbocycles. The Balaban J connectivity index is 0.952. The fourth-order valence-electron chi connectivity index (χ4n) is 10.1. The molecule has 0 N–H and O–H groups in total. The average Bonchev–Trinajstić information content (AvgIpc) is 3.35. The first-order valence-corrected chi connectivity index (χ1v) is 21.3. The Hall–Kier alpha value is -8.20. The molecule has 0 atom stereocenters. The van der Waals surface area contributed by atoms with Crippen molar-refractivity contribution in [1.29, 1.82) is 0 Å². The summed E-state index contributed by atoms with van der Waals surface area (Å²) in [5, 5.41) is 17.9. The molecule has 13 aromatic rings. The van der Waals surface area contributed by atoms with E-state index in [1.165, 1.54) is 92.1 Å². The molecule has 1 aromatic heterocycles. The van der Waals surface area contributed by atoms with Crippen molar-refractivity contribution in [2.75, 3.05) is 0 Å². The van der Waals surface area contributed by atoms with Crippen LogP contribution in [0, 0.1) is 0 Å². The molecular weight excluding hydrogens is 749 g/mol. The van der Waals surface area contributed by atoms with E-state index in [1.54, 1.807) is 0 Å². The Kier molecular flexibility index (Phi) is 7.64. The molecule has 0 aliphatic heterocycles. The normalized spacial score (nSPS) is 11.9. The SMILES string of the molecule is c1ccc(-c2nc(-c3ccc(-c4cccc(-c5cc6ccc7cccc8c9cccc%10ccc%11cccc(c(c5)c6c78)c%11c%109)c4)cc3)cc(-c3cccc4ccccc34)n2)cc1. The van der Waals surface area contributed by atoms with Gasteiger partial charge in [0.05, 0.1) is 11.4 Å². The Morgan fingerprint density at radius 3 is 1.42 bits per heavy atom. The fraction of sp³-hybridized carbons (Fsp3) is 0. The Bertz CT molecular complexity index is 3890. The summed E-state index contributed by atoms with van der Waals surface area (Å²) in [6.07, 6.45) is 0. The van der Waals surface area contributed by atoms with E-state index in [9.17, 15) is 0 Å². The molecule has 0 bridgehead atoms. The summed E-state index contributed by atoms with van der Waals surface area (Å²) >= 11 is 0. The molecule has 13 rings (SSSR count). The summed E-state index contributed by atoms with van der Waals surface area (Å²) < 4.78 is 0. The molecular formula is C60H36N2. The van der Waals surface area contributed by atoms with Crippen LogP contribution in [0.4, 0.5) is 0 Å². The van der Waals surface area contributed by atoms with Gasteiger partial charge in [-0.2, -0.15) is 0 Å². The van der Waals surface area contributed by atoms with Crippen LogP contribution in [0.25, 0.3) is 132 Å². The zero-order chi connectivity index (χ0) is 40.7. The third-order valence-corrected chi connectivity index (χ3v) is 13.0. The highest BCUT2D eigenvalue weighted by atomic mass is 14.9. The molecule has 0 saturated carbocycles. The van der Waals surface area contributed by atoms with Crippen LogP contribution in [-0.2, 0) is 0 Å². The van der Waals surface area contributed by atoms with E-state index in [1.807, 2.05) is 18.2 Å². The van der Waals surface area contributed by atoms with Gasteiger partial charge in [0.15, 0.2) is 5.82 Å². The minimum absolute atomic E-state index is 0.713. The molecule has 2 nitrogen and oxygen atoms in total. The molecule has 0 unspecified atom stereocenters. The van der Waals surface area contributed by atoms with Gasteiger partial charge in [0.1, 0.15) is 0 Å². The van der Waals surface area contributed by atoms with Crippen molar-refractivity contribution in [3.63, 3.8) is 0 Å². The lowest BCUT2D eigenvalue weighted by atomic mass is 9.86. The molecule has 62 heavy (non-hydrogen) atoms. The van der Waals surface area contributed by atoms with Gasteiger partial charge in [0.25, 0.3) is 0 Å². The molecule has 0 fully saturated rings. The second-order valence-corrected chi connectivity index (χ2v) is 16.5. The van der Waals surface area contributed by atoms with Gasteiger partial charge in [-0.3, -0.25) is 0 Å². The third kappa shape index (κ3) is 5.44. The topological polar surface area (TPSA) is 25.8 Å². The standard InChI is InChI=1S/C60H36N2/c1-2-12-43(13-3-1)60-61-54(36-55(62-60)49-21-7-14-38-11-4-5-20-48(38)49)39-27-25-37(26-28-39)44-18-6-19-45(33-44)47-34-46-32-31-42-16-9-23-51-50-22-8-15-40-29-30-41-17-10-24-52(58(41)56(40)50)53(35-47)59(46)57(42)51/h1-36H. The van der Waals surface area contributed by atoms with Gasteiger partial charge in [-0.15, -0.1) is 0 Å². The lowest BCUT2D eigenvalue weighted by molar-refractivity contribution is 1.18. The summed E-state index contributed by atoms with van der Waals surface area (Å²) in [7, 11) is 0. The van der Waals surface area contributed by atoms with Crippen LogP contribution >= 0.6 is 0 Å². The number of hydrogen-bond acceptors (Lipinski definition) is 2. The van der Waals surface area contributed by atoms with Crippen molar-refractivity contribution in [3.05, 3.63) is 218 Å².